The molecule has 1 fully saturated rings. The predicted octanol–water partition coefficient (Wildman–Crippen LogP) is 6.25. The Hall–Kier alpha value is -4.44. The fourth-order valence-electron chi connectivity index (χ4n) is 6.59. The Labute approximate surface area is 215 Å². The van der Waals surface area contributed by atoms with Gasteiger partial charge < -0.3 is 4.98 Å². The SMILES string of the molecule is O=C1[C@@H]2[C@H](c3ccccc3)c3c([nH]c4ccccc34)[C@H](c3ccccc3)[C@@H]2C(=O)N1Cc1ccccc1. The first-order valence-electron chi connectivity index (χ1n) is 12.8. The molecule has 4 aromatic carbocycles. The van der Waals surface area contributed by atoms with E-state index in [9.17, 15) is 9.59 Å². The van der Waals surface area contributed by atoms with Crippen LogP contribution >= 0.6 is 0 Å². The Kier molecular flexibility index (Phi) is 5.07. The maximum atomic E-state index is 14.3. The Bertz CT molecular complexity index is 1610. The fourth-order valence-corrected chi connectivity index (χ4v) is 6.59. The van der Waals surface area contributed by atoms with Crippen LogP contribution in [0.25, 0.3) is 10.9 Å². The molecule has 4 atom stereocenters. The minimum absolute atomic E-state index is 0.0791. The monoisotopic (exact) mass is 482 g/mol. The van der Waals surface area contributed by atoms with E-state index in [0.29, 0.717) is 6.54 Å². The lowest BCUT2D eigenvalue weighted by molar-refractivity contribution is -0.140. The lowest BCUT2D eigenvalue weighted by atomic mass is 9.63. The standard InChI is InChI=1S/C33H26N2O2/c36-32-29-26(22-14-6-2-7-15-22)28-24-18-10-11-19-25(24)34-31(28)27(23-16-8-3-9-17-23)30(29)33(37)35(32)20-21-12-4-1-5-13-21/h1-19,26-27,29-30,34H,20H2/t26-,27-,29-,30+/m1/s1. The highest BCUT2D eigenvalue weighted by atomic mass is 16.2. The van der Waals surface area contributed by atoms with E-state index < -0.39 is 11.8 Å². The number of hydrogen-bond acceptors (Lipinski definition) is 2. The van der Waals surface area contributed by atoms with Crippen LogP contribution in [0.3, 0.4) is 0 Å². The fraction of sp³-hybridized carbons (Fsp3) is 0.152. The molecule has 1 saturated heterocycles. The number of para-hydroxylation sites is 1. The summed E-state index contributed by atoms with van der Waals surface area (Å²) in [5.74, 6) is -1.57. The first-order valence-corrected chi connectivity index (χ1v) is 12.8. The minimum atomic E-state index is -0.482. The van der Waals surface area contributed by atoms with Gasteiger partial charge in [0.05, 0.1) is 18.4 Å². The lowest BCUT2D eigenvalue weighted by Crippen LogP contribution is -2.36. The molecule has 1 aromatic heterocycles. The number of imide groups is 1. The van der Waals surface area contributed by atoms with Crippen LogP contribution in [0.2, 0.25) is 0 Å². The number of carbonyl (C=O) groups excluding carboxylic acids is 2. The summed E-state index contributed by atoms with van der Waals surface area (Å²) >= 11 is 0. The van der Waals surface area contributed by atoms with E-state index in [2.05, 4.69) is 41.4 Å². The number of H-pyrrole nitrogens is 1. The number of rotatable bonds is 4. The molecule has 1 N–H and O–H groups in total. The van der Waals surface area contributed by atoms with Gasteiger partial charge in [-0.3, -0.25) is 14.5 Å². The van der Waals surface area contributed by atoms with Crippen LogP contribution in [0.5, 0.6) is 0 Å². The van der Waals surface area contributed by atoms with E-state index in [1.54, 1.807) is 0 Å². The van der Waals surface area contributed by atoms with E-state index in [1.165, 1.54) is 4.90 Å². The molecule has 4 nitrogen and oxygen atoms in total. The maximum absolute atomic E-state index is 14.3. The summed E-state index contributed by atoms with van der Waals surface area (Å²) in [4.78, 5) is 33.7. The zero-order chi connectivity index (χ0) is 24.9. The van der Waals surface area contributed by atoms with Crippen LogP contribution in [0, 0.1) is 11.8 Å². The van der Waals surface area contributed by atoms with Gasteiger partial charge in [-0.25, -0.2) is 0 Å². The zero-order valence-electron chi connectivity index (χ0n) is 20.2. The summed E-state index contributed by atoms with van der Waals surface area (Å²) in [6.45, 7) is 0.295. The molecule has 2 heterocycles. The molecule has 4 heteroatoms. The van der Waals surface area contributed by atoms with Crippen LogP contribution in [0.4, 0.5) is 0 Å². The van der Waals surface area contributed by atoms with Crippen molar-refractivity contribution in [1.82, 2.24) is 9.88 Å². The van der Waals surface area contributed by atoms with Crippen molar-refractivity contribution < 1.29 is 9.59 Å². The van der Waals surface area contributed by atoms with Crippen LogP contribution in [-0.4, -0.2) is 21.7 Å². The number of hydrogen-bond donors (Lipinski definition) is 1. The first-order chi connectivity index (χ1) is 18.2. The molecule has 7 rings (SSSR count). The molecule has 0 spiro atoms. The second-order valence-electron chi connectivity index (χ2n) is 10.1. The third-order valence-electron chi connectivity index (χ3n) is 8.11. The van der Waals surface area contributed by atoms with E-state index in [4.69, 9.17) is 0 Å². The van der Waals surface area contributed by atoms with E-state index in [-0.39, 0.29) is 23.7 Å². The molecule has 0 saturated carbocycles. The third kappa shape index (κ3) is 3.36. The van der Waals surface area contributed by atoms with Crippen molar-refractivity contribution >= 4 is 22.7 Å². The van der Waals surface area contributed by atoms with Crippen molar-refractivity contribution in [3.63, 3.8) is 0 Å². The number of carbonyl (C=O) groups is 2. The van der Waals surface area contributed by atoms with Crippen molar-refractivity contribution in [3.8, 4) is 0 Å². The lowest BCUT2D eigenvalue weighted by Gasteiger charge is -2.37. The number of aromatic amines is 1. The van der Waals surface area contributed by atoms with Crippen molar-refractivity contribution in [3.05, 3.63) is 143 Å². The van der Waals surface area contributed by atoms with E-state index >= 15 is 0 Å². The highest BCUT2D eigenvalue weighted by Crippen LogP contribution is 2.56. The summed E-state index contributed by atoms with van der Waals surface area (Å²) in [5.41, 5.74) is 6.30. The molecule has 1 aliphatic heterocycles. The Morgan fingerprint density at radius 2 is 1.11 bits per heavy atom. The number of benzene rings is 4. The van der Waals surface area contributed by atoms with Crippen molar-refractivity contribution in [2.24, 2.45) is 11.8 Å². The average molecular weight is 483 g/mol. The molecule has 1 aliphatic carbocycles. The van der Waals surface area contributed by atoms with Gasteiger partial charge in [-0.1, -0.05) is 109 Å². The normalized spacial score (nSPS) is 22.8. The van der Waals surface area contributed by atoms with Gasteiger partial charge in [-0.15, -0.1) is 0 Å². The number of fused-ring (bicyclic) bond motifs is 4. The summed E-state index contributed by atoms with van der Waals surface area (Å²) in [6, 6.07) is 38.5. The number of likely N-dealkylation sites (tertiary alicyclic amines) is 1. The first kappa shape index (κ1) is 21.8. The number of aromatic nitrogens is 1. The van der Waals surface area contributed by atoms with Crippen LogP contribution < -0.4 is 0 Å². The molecule has 2 amide bonds. The van der Waals surface area contributed by atoms with E-state index in [1.807, 2.05) is 78.9 Å². The average Bonchev–Trinajstić information content (AvgIpc) is 3.45. The molecule has 0 radical (unpaired) electrons. The van der Waals surface area contributed by atoms with Gasteiger partial charge in [0, 0.05) is 28.4 Å². The molecular formula is C33H26N2O2. The summed E-state index contributed by atoms with van der Waals surface area (Å²) < 4.78 is 0. The van der Waals surface area contributed by atoms with Gasteiger partial charge >= 0.3 is 0 Å². The van der Waals surface area contributed by atoms with Crippen molar-refractivity contribution in [1.29, 1.82) is 0 Å². The van der Waals surface area contributed by atoms with Gasteiger partial charge in [-0.2, -0.15) is 0 Å². The highest BCUT2D eigenvalue weighted by molar-refractivity contribution is 6.07. The molecule has 5 aromatic rings. The Morgan fingerprint density at radius 3 is 1.76 bits per heavy atom. The quantitative estimate of drug-likeness (QED) is 0.308. The Balaban J connectivity index is 1.48. The van der Waals surface area contributed by atoms with Crippen molar-refractivity contribution in [2.75, 3.05) is 0 Å². The predicted molar refractivity (Wildman–Crippen MR) is 144 cm³/mol. The summed E-state index contributed by atoms with van der Waals surface area (Å²) in [6.07, 6.45) is 0. The van der Waals surface area contributed by atoms with Crippen LogP contribution in [-0.2, 0) is 16.1 Å². The molecule has 37 heavy (non-hydrogen) atoms. The van der Waals surface area contributed by atoms with Crippen molar-refractivity contribution in [2.45, 2.75) is 18.4 Å². The largest absolute Gasteiger partial charge is 0.358 e. The van der Waals surface area contributed by atoms with Gasteiger partial charge in [0.1, 0.15) is 0 Å². The zero-order valence-corrected chi connectivity index (χ0v) is 20.2. The van der Waals surface area contributed by atoms with Gasteiger partial charge in [-0.05, 0) is 28.3 Å². The molecule has 0 bridgehead atoms. The van der Waals surface area contributed by atoms with Crippen LogP contribution in [0.15, 0.2) is 115 Å². The third-order valence-corrected chi connectivity index (χ3v) is 8.11. The van der Waals surface area contributed by atoms with Crippen LogP contribution in [0.1, 0.15) is 39.8 Å². The van der Waals surface area contributed by atoms with Gasteiger partial charge in [0.15, 0.2) is 0 Å². The van der Waals surface area contributed by atoms with E-state index in [0.717, 1.165) is 38.9 Å². The number of amides is 2. The topological polar surface area (TPSA) is 53.2 Å². The maximum Gasteiger partial charge on any atom is 0.234 e. The molecule has 0 unspecified atom stereocenters. The highest BCUT2D eigenvalue weighted by Gasteiger charge is 2.59. The number of nitrogens with one attached hydrogen (secondary N) is 1. The minimum Gasteiger partial charge on any atom is -0.358 e. The molecule has 2 aliphatic rings. The summed E-state index contributed by atoms with van der Waals surface area (Å²) in [5, 5.41) is 1.12. The smallest absolute Gasteiger partial charge is 0.234 e. The summed E-state index contributed by atoms with van der Waals surface area (Å²) in [7, 11) is 0. The second-order valence-corrected chi connectivity index (χ2v) is 10.1. The number of nitrogens with zero attached hydrogens (tertiary/aromatic N) is 1. The van der Waals surface area contributed by atoms with Gasteiger partial charge in [0.25, 0.3) is 0 Å². The van der Waals surface area contributed by atoms with Gasteiger partial charge in [0.2, 0.25) is 11.8 Å². The molecule has 180 valence electrons. The Morgan fingerprint density at radius 1 is 0.595 bits per heavy atom. The second kappa shape index (κ2) is 8.59. The molecular weight excluding hydrogens is 456 g/mol.